The lowest BCUT2D eigenvalue weighted by Crippen LogP contribution is -2.26. The highest BCUT2D eigenvalue weighted by atomic mass is 32.2. The second kappa shape index (κ2) is 10.5. The lowest BCUT2D eigenvalue weighted by atomic mass is 10.00. The van der Waals surface area contributed by atoms with Crippen molar-refractivity contribution in [2.24, 2.45) is 10.9 Å². The predicted octanol–water partition coefficient (Wildman–Crippen LogP) is 5.91. The van der Waals surface area contributed by atoms with Gasteiger partial charge in [-0.05, 0) is 69.1 Å². The van der Waals surface area contributed by atoms with Gasteiger partial charge in [0, 0.05) is 47.1 Å². The van der Waals surface area contributed by atoms with Crippen LogP contribution >= 0.6 is 21.0 Å². The summed E-state index contributed by atoms with van der Waals surface area (Å²) >= 11 is 1.52. The van der Waals surface area contributed by atoms with Crippen molar-refractivity contribution >= 4 is 49.2 Å². The van der Waals surface area contributed by atoms with Gasteiger partial charge in [0.1, 0.15) is 17.5 Å². The van der Waals surface area contributed by atoms with E-state index in [-0.39, 0.29) is 5.82 Å². The number of aliphatic imine (C=N–C) groups is 1. The van der Waals surface area contributed by atoms with Crippen LogP contribution in [0.2, 0.25) is 0 Å². The molecule has 1 unspecified atom stereocenters. The van der Waals surface area contributed by atoms with Crippen molar-refractivity contribution in [2.45, 2.75) is 50.5 Å². The minimum atomic E-state index is -0.286. The third-order valence-corrected chi connectivity index (χ3v) is 8.30. The first kappa shape index (κ1) is 25.7. The minimum absolute atomic E-state index is 0.286. The third kappa shape index (κ3) is 5.68. The lowest BCUT2D eigenvalue weighted by Gasteiger charge is -2.22. The molecule has 0 bridgehead atoms. The topological polar surface area (TPSA) is 74.1 Å². The summed E-state index contributed by atoms with van der Waals surface area (Å²) in [4.78, 5) is 12.4. The fourth-order valence-electron chi connectivity index (χ4n) is 4.32. The molecule has 2 heterocycles. The Labute approximate surface area is 223 Å². The summed E-state index contributed by atoms with van der Waals surface area (Å²) in [6.07, 6.45) is 10.4. The molecule has 2 N–H and O–H groups in total. The first-order valence-corrected chi connectivity index (χ1v) is 14.2. The lowest BCUT2D eigenvalue weighted by molar-refractivity contribution is 0.625. The monoisotopic (exact) mass is 537 g/mol. The van der Waals surface area contributed by atoms with Crippen molar-refractivity contribution in [3.05, 3.63) is 65.9 Å². The zero-order valence-electron chi connectivity index (χ0n) is 21.7. The molecular formula is C27H33FN7PS. The summed E-state index contributed by atoms with van der Waals surface area (Å²) in [6, 6.07) is 5.89. The maximum Gasteiger partial charge on any atom is 0.153 e. The highest BCUT2D eigenvalue weighted by Gasteiger charge is 2.33. The number of thioether (sulfide) groups is 1. The van der Waals surface area contributed by atoms with Gasteiger partial charge < -0.3 is 14.8 Å². The van der Waals surface area contributed by atoms with E-state index >= 15 is 4.39 Å². The van der Waals surface area contributed by atoms with Crippen LogP contribution in [-0.2, 0) is 0 Å². The summed E-state index contributed by atoms with van der Waals surface area (Å²) in [5.74, 6) is 2.02. The number of rotatable bonds is 9. The van der Waals surface area contributed by atoms with E-state index in [4.69, 9.17) is 4.99 Å². The normalized spacial score (nSPS) is 16.5. The first-order valence-electron chi connectivity index (χ1n) is 12.4. The number of halogens is 1. The predicted molar refractivity (Wildman–Crippen MR) is 155 cm³/mol. The van der Waals surface area contributed by atoms with Gasteiger partial charge in [0.15, 0.2) is 5.82 Å². The number of hydrogen-bond acceptors (Lipinski definition) is 5. The molecule has 2 aliphatic rings. The number of H-pyrrole nitrogens is 1. The summed E-state index contributed by atoms with van der Waals surface area (Å²) in [5, 5.41) is 11.7. The number of benzene rings is 1. The standard InChI is InChI=1S/C27H33FN7PS/c1-15-10-25(33-32-15)31-27(30-17(3)34(4)22-12-23(36)24(37-5)11-20(22)28)26(18-6-7-18)16(2)21-13-35(14-29-21)19-8-9-19/h10-14,18-19H,2,6-9,36H2,1,3-5H3,(H2,31,32,33)/b27-26-,30-17+. The van der Waals surface area contributed by atoms with Gasteiger partial charge in [-0.1, -0.05) is 6.58 Å². The number of aryl methyl sites for hydroxylation is 1. The van der Waals surface area contributed by atoms with E-state index < -0.39 is 0 Å². The Morgan fingerprint density at radius 2 is 2.05 bits per heavy atom. The molecule has 7 nitrogen and oxygen atoms in total. The zero-order valence-corrected chi connectivity index (χ0v) is 23.6. The van der Waals surface area contributed by atoms with E-state index in [2.05, 4.69) is 47.1 Å². The number of nitrogens with zero attached hydrogens (tertiary/aromatic N) is 5. The van der Waals surface area contributed by atoms with Gasteiger partial charge in [-0.15, -0.1) is 21.0 Å². The number of imidazole rings is 1. The smallest absolute Gasteiger partial charge is 0.153 e. The molecule has 0 amide bonds. The van der Waals surface area contributed by atoms with Gasteiger partial charge >= 0.3 is 0 Å². The second-order valence-electron chi connectivity index (χ2n) is 9.78. The molecule has 0 radical (unpaired) electrons. The summed E-state index contributed by atoms with van der Waals surface area (Å²) < 4.78 is 17.2. The van der Waals surface area contributed by atoms with Crippen molar-refractivity contribution in [3.8, 4) is 0 Å². The van der Waals surface area contributed by atoms with Gasteiger partial charge in [-0.3, -0.25) is 5.10 Å². The molecule has 0 aliphatic heterocycles. The van der Waals surface area contributed by atoms with Crippen molar-refractivity contribution in [1.29, 1.82) is 0 Å². The van der Waals surface area contributed by atoms with Crippen LogP contribution in [0.25, 0.3) is 5.57 Å². The molecule has 0 saturated heterocycles. The van der Waals surface area contributed by atoms with E-state index in [0.717, 1.165) is 45.6 Å². The largest absolute Gasteiger partial charge is 0.334 e. The number of hydrogen-bond donors (Lipinski definition) is 2. The van der Waals surface area contributed by atoms with E-state index in [1.807, 2.05) is 45.6 Å². The van der Waals surface area contributed by atoms with E-state index in [9.17, 15) is 0 Å². The SMILES string of the molecule is C=C(/C(=C(\N=C(/C)N(C)c1cc(P)c(SC)cc1F)Nc1cc(C)[nH]n1)C1CC1)c1cn(C2CC2)cn1. The molecule has 10 heteroatoms. The number of anilines is 2. The second-order valence-corrected chi connectivity index (χ2v) is 11.2. The quantitative estimate of drug-likeness (QED) is 0.117. The molecule has 5 rings (SSSR count). The molecular weight excluding hydrogens is 504 g/mol. The van der Waals surface area contributed by atoms with Crippen molar-refractivity contribution in [1.82, 2.24) is 19.7 Å². The fraction of sp³-hybridized carbons (Fsp3) is 0.370. The Bertz CT molecular complexity index is 1400. The van der Waals surface area contributed by atoms with E-state index in [1.165, 1.54) is 24.6 Å². The van der Waals surface area contributed by atoms with Gasteiger partial charge in [0.2, 0.25) is 0 Å². The summed E-state index contributed by atoms with van der Waals surface area (Å²) in [7, 11) is 4.52. The Morgan fingerprint density at radius 1 is 1.30 bits per heavy atom. The zero-order chi connectivity index (χ0) is 26.3. The van der Waals surface area contributed by atoms with Crippen LogP contribution in [0.3, 0.4) is 0 Å². The molecule has 0 spiro atoms. The molecule has 194 valence electrons. The number of amidine groups is 1. The molecule has 2 fully saturated rings. The molecule has 2 aromatic heterocycles. The van der Waals surface area contributed by atoms with Gasteiger partial charge in [0.05, 0.1) is 17.7 Å². The maximum atomic E-state index is 15.0. The third-order valence-electron chi connectivity index (χ3n) is 6.82. The Morgan fingerprint density at radius 3 is 2.68 bits per heavy atom. The van der Waals surface area contributed by atoms with Crippen molar-refractivity contribution < 1.29 is 4.39 Å². The molecule has 2 saturated carbocycles. The summed E-state index contributed by atoms with van der Waals surface area (Å²) in [5.41, 5.74) is 4.16. The maximum absolute atomic E-state index is 15.0. The molecule has 1 atom stereocenters. The fourth-order valence-corrected chi connectivity index (χ4v) is 5.43. The highest BCUT2D eigenvalue weighted by molar-refractivity contribution is 7.99. The van der Waals surface area contributed by atoms with Gasteiger partial charge in [-0.25, -0.2) is 14.4 Å². The highest BCUT2D eigenvalue weighted by Crippen LogP contribution is 2.45. The van der Waals surface area contributed by atoms with Crippen molar-refractivity contribution in [3.63, 3.8) is 0 Å². The van der Waals surface area contributed by atoms with Gasteiger partial charge in [-0.2, -0.15) is 5.10 Å². The van der Waals surface area contributed by atoms with Crippen LogP contribution in [0.1, 0.15) is 50.0 Å². The Kier molecular flexibility index (Phi) is 7.28. The molecule has 37 heavy (non-hydrogen) atoms. The van der Waals surface area contributed by atoms with Crippen LogP contribution in [-0.4, -0.2) is 38.9 Å². The average Bonchev–Trinajstić information content (AvgIpc) is 3.81. The van der Waals surface area contributed by atoms with Crippen LogP contribution in [0, 0.1) is 18.7 Å². The minimum Gasteiger partial charge on any atom is -0.334 e. The first-order chi connectivity index (χ1) is 17.7. The van der Waals surface area contributed by atoms with Crippen LogP contribution in [0.15, 0.2) is 58.6 Å². The average molecular weight is 538 g/mol. The van der Waals surface area contributed by atoms with Crippen LogP contribution in [0.5, 0.6) is 0 Å². The van der Waals surface area contributed by atoms with Gasteiger partial charge in [0.25, 0.3) is 0 Å². The molecule has 2 aliphatic carbocycles. The summed E-state index contributed by atoms with van der Waals surface area (Å²) in [6.45, 7) is 8.29. The number of aromatic nitrogens is 4. The van der Waals surface area contributed by atoms with E-state index in [1.54, 1.807) is 11.0 Å². The number of nitrogens with one attached hydrogen (secondary N) is 2. The Hall–Kier alpha value is -2.90. The van der Waals surface area contributed by atoms with Crippen LogP contribution < -0.4 is 15.5 Å². The Balaban J connectivity index is 1.55. The van der Waals surface area contributed by atoms with Crippen LogP contribution in [0.4, 0.5) is 15.9 Å². The van der Waals surface area contributed by atoms with E-state index in [0.29, 0.717) is 35.1 Å². The molecule has 1 aromatic carbocycles. The number of allylic oxidation sites excluding steroid dienone is 2. The molecule has 3 aromatic rings. The van der Waals surface area contributed by atoms with Crippen molar-refractivity contribution in [2.75, 3.05) is 23.5 Å². The number of aromatic amines is 1.